The Kier molecular flexibility index (Phi) is 6.63. The normalized spacial score (nSPS) is 11.5. The molecule has 0 saturated heterocycles. The van der Waals surface area contributed by atoms with E-state index in [9.17, 15) is 13.2 Å². The number of carbonyl (C=O) groups is 1. The van der Waals surface area contributed by atoms with E-state index in [4.69, 9.17) is 0 Å². The van der Waals surface area contributed by atoms with Gasteiger partial charge in [-0.15, -0.1) is 0 Å². The number of aromatic nitrogens is 1. The summed E-state index contributed by atoms with van der Waals surface area (Å²) in [5.41, 5.74) is 1.16. The van der Waals surface area contributed by atoms with Crippen LogP contribution < -0.4 is 10.0 Å². The SMILES string of the molecule is CN(C)CCNS(=O)(=O)c1cccc(C(=O)NCc2cccnc2)c1. The van der Waals surface area contributed by atoms with Gasteiger partial charge < -0.3 is 10.2 Å². The molecule has 0 saturated carbocycles. The van der Waals surface area contributed by atoms with Crippen molar-refractivity contribution in [3.8, 4) is 0 Å². The smallest absolute Gasteiger partial charge is 0.251 e. The van der Waals surface area contributed by atoms with Gasteiger partial charge in [-0.1, -0.05) is 12.1 Å². The quantitative estimate of drug-likeness (QED) is 0.726. The molecule has 2 N–H and O–H groups in total. The number of rotatable bonds is 8. The molecule has 0 fully saturated rings. The zero-order valence-electron chi connectivity index (χ0n) is 14.3. The molecule has 2 rings (SSSR count). The van der Waals surface area contributed by atoms with Crippen molar-refractivity contribution in [3.63, 3.8) is 0 Å². The van der Waals surface area contributed by atoms with Gasteiger partial charge in [-0.05, 0) is 43.9 Å². The maximum absolute atomic E-state index is 12.3. The van der Waals surface area contributed by atoms with Crippen LogP contribution in [0.5, 0.6) is 0 Å². The molecule has 0 aliphatic rings. The molecular weight excluding hydrogens is 340 g/mol. The zero-order valence-corrected chi connectivity index (χ0v) is 15.1. The van der Waals surface area contributed by atoms with Crippen molar-refractivity contribution in [1.29, 1.82) is 0 Å². The van der Waals surface area contributed by atoms with Crippen molar-refractivity contribution in [2.24, 2.45) is 0 Å². The summed E-state index contributed by atoms with van der Waals surface area (Å²) in [5, 5.41) is 2.75. The number of pyridine rings is 1. The zero-order chi connectivity index (χ0) is 18.3. The number of hydrogen-bond donors (Lipinski definition) is 2. The molecule has 0 bridgehead atoms. The highest BCUT2D eigenvalue weighted by Gasteiger charge is 2.16. The van der Waals surface area contributed by atoms with Crippen molar-refractivity contribution in [3.05, 3.63) is 59.9 Å². The van der Waals surface area contributed by atoms with Crippen LogP contribution in [0.2, 0.25) is 0 Å². The van der Waals surface area contributed by atoms with Gasteiger partial charge in [0, 0.05) is 37.6 Å². The maximum Gasteiger partial charge on any atom is 0.251 e. The highest BCUT2D eigenvalue weighted by molar-refractivity contribution is 7.89. The summed E-state index contributed by atoms with van der Waals surface area (Å²) in [7, 11) is 0.0795. The molecule has 25 heavy (non-hydrogen) atoms. The van der Waals surface area contributed by atoms with E-state index in [1.165, 1.54) is 12.1 Å². The molecule has 0 aliphatic heterocycles. The Morgan fingerprint density at radius 1 is 1.20 bits per heavy atom. The van der Waals surface area contributed by atoms with Crippen LogP contribution in [0.1, 0.15) is 15.9 Å². The van der Waals surface area contributed by atoms with Crippen molar-refractivity contribution in [2.75, 3.05) is 27.2 Å². The van der Waals surface area contributed by atoms with Crippen molar-refractivity contribution in [2.45, 2.75) is 11.4 Å². The maximum atomic E-state index is 12.3. The Bertz CT molecular complexity index is 808. The molecule has 7 nitrogen and oxygen atoms in total. The van der Waals surface area contributed by atoms with Crippen molar-refractivity contribution >= 4 is 15.9 Å². The highest BCUT2D eigenvalue weighted by atomic mass is 32.2. The molecular formula is C17H22N4O3S. The number of amides is 1. The van der Waals surface area contributed by atoms with Crippen LogP contribution in [-0.4, -0.2) is 51.4 Å². The molecule has 0 spiro atoms. The molecule has 2 aromatic rings. The van der Waals surface area contributed by atoms with E-state index >= 15 is 0 Å². The summed E-state index contributed by atoms with van der Waals surface area (Å²) in [4.78, 5) is 18.2. The van der Waals surface area contributed by atoms with Crippen molar-refractivity contribution in [1.82, 2.24) is 19.9 Å². The van der Waals surface area contributed by atoms with E-state index in [0.29, 0.717) is 25.2 Å². The number of likely N-dealkylation sites (N-methyl/N-ethyl adjacent to an activating group) is 1. The second-order valence-corrected chi connectivity index (χ2v) is 7.54. The summed E-state index contributed by atoms with van der Waals surface area (Å²) in [6.07, 6.45) is 3.32. The van der Waals surface area contributed by atoms with E-state index in [2.05, 4.69) is 15.0 Å². The molecule has 0 radical (unpaired) electrons. The first-order valence-electron chi connectivity index (χ1n) is 7.80. The van der Waals surface area contributed by atoms with Gasteiger partial charge in [-0.25, -0.2) is 13.1 Å². The van der Waals surface area contributed by atoms with Gasteiger partial charge in [-0.2, -0.15) is 0 Å². The van der Waals surface area contributed by atoms with Gasteiger partial charge in [-0.3, -0.25) is 9.78 Å². The predicted octanol–water partition coefficient (Wildman–Crippen LogP) is 0.852. The lowest BCUT2D eigenvalue weighted by Gasteiger charge is -2.11. The van der Waals surface area contributed by atoms with Crippen LogP contribution in [0.25, 0.3) is 0 Å². The topological polar surface area (TPSA) is 91.4 Å². The fourth-order valence-electron chi connectivity index (χ4n) is 2.08. The predicted molar refractivity (Wildman–Crippen MR) is 95.6 cm³/mol. The van der Waals surface area contributed by atoms with E-state index in [0.717, 1.165) is 5.56 Å². The highest BCUT2D eigenvalue weighted by Crippen LogP contribution is 2.11. The number of carbonyl (C=O) groups excluding carboxylic acids is 1. The molecule has 1 heterocycles. The van der Waals surface area contributed by atoms with Gasteiger partial charge >= 0.3 is 0 Å². The molecule has 1 amide bonds. The molecule has 0 aliphatic carbocycles. The van der Waals surface area contributed by atoms with E-state index in [1.807, 2.05) is 25.1 Å². The number of sulfonamides is 1. The van der Waals surface area contributed by atoms with Crippen molar-refractivity contribution < 1.29 is 13.2 Å². The number of nitrogens with zero attached hydrogens (tertiary/aromatic N) is 2. The lowest BCUT2D eigenvalue weighted by atomic mass is 10.2. The van der Waals surface area contributed by atoms with E-state index < -0.39 is 10.0 Å². The average molecular weight is 362 g/mol. The minimum Gasteiger partial charge on any atom is -0.348 e. The summed E-state index contributed by atoms with van der Waals surface area (Å²) < 4.78 is 27.1. The third-order valence-corrected chi connectivity index (χ3v) is 4.89. The average Bonchev–Trinajstić information content (AvgIpc) is 2.60. The van der Waals surface area contributed by atoms with Gasteiger partial charge in [0.25, 0.3) is 5.91 Å². The van der Waals surface area contributed by atoms with Crippen LogP contribution in [0.3, 0.4) is 0 Å². The number of benzene rings is 1. The van der Waals surface area contributed by atoms with Crippen LogP contribution in [-0.2, 0) is 16.6 Å². The Hall–Kier alpha value is -2.29. The second kappa shape index (κ2) is 8.70. The Morgan fingerprint density at radius 3 is 2.68 bits per heavy atom. The standard InChI is InChI=1S/C17H22N4O3S/c1-21(2)10-9-20-25(23,24)16-7-3-6-15(11-16)17(22)19-13-14-5-4-8-18-12-14/h3-8,11-12,20H,9-10,13H2,1-2H3,(H,19,22). The first kappa shape index (κ1) is 19.0. The fraction of sp³-hybridized carbons (Fsp3) is 0.294. The minimum atomic E-state index is -3.65. The summed E-state index contributed by atoms with van der Waals surface area (Å²) in [5.74, 6) is -0.339. The molecule has 0 unspecified atom stereocenters. The lowest BCUT2D eigenvalue weighted by molar-refractivity contribution is 0.0950. The third-order valence-electron chi connectivity index (χ3n) is 3.43. The second-order valence-electron chi connectivity index (χ2n) is 5.77. The van der Waals surface area contributed by atoms with Crippen LogP contribution in [0.15, 0.2) is 53.7 Å². The van der Waals surface area contributed by atoms with Crippen LogP contribution in [0, 0.1) is 0 Å². The monoisotopic (exact) mass is 362 g/mol. The van der Waals surface area contributed by atoms with Gasteiger partial charge in [0.05, 0.1) is 4.90 Å². The van der Waals surface area contributed by atoms with Crippen LogP contribution >= 0.6 is 0 Å². The summed E-state index contributed by atoms with van der Waals surface area (Å²) in [6.45, 7) is 1.21. The molecule has 1 aromatic carbocycles. The first-order valence-corrected chi connectivity index (χ1v) is 9.28. The Balaban J connectivity index is 2.03. The Labute approximate surface area is 148 Å². The molecule has 134 valence electrons. The lowest BCUT2D eigenvalue weighted by Crippen LogP contribution is -2.31. The minimum absolute atomic E-state index is 0.0697. The largest absolute Gasteiger partial charge is 0.348 e. The fourth-order valence-corrected chi connectivity index (χ4v) is 3.15. The number of nitrogens with one attached hydrogen (secondary N) is 2. The third kappa shape index (κ3) is 5.93. The van der Waals surface area contributed by atoms with Gasteiger partial charge in [0.15, 0.2) is 0 Å². The Morgan fingerprint density at radius 2 is 2.00 bits per heavy atom. The first-order chi connectivity index (χ1) is 11.9. The van der Waals surface area contributed by atoms with Gasteiger partial charge in [0.2, 0.25) is 10.0 Å². The number of hydrogen-bond acceptors (Lipinski definition) is 5. The molecule has 0 atom stereocenters. The van der Waals surface area contributed by atoms with E-state index in [1.54, 1.807) is 30.6 Å². The molecule has 8 heteroatoms. The molecule has 1 aromatic heterocycles. The van der Waals surface area contributed by atoms with E-state index in [-0.39, 0.29) is 10.8 Å². The summed E-state index contributed by atoms with van der Waals surface area (Å²) in [6, 6.07) is 9.61. The van der Waals surface area contributed by atoms with Gasteiger partial charge in [0.1, 0.15) is 0 Å². The van der Waals surface area contributed by atoms with Crippen LogP contribution in [0.4, 0.5) is 0 Å². The summed E-state index contributed by atoms with van der Waals surface area (Å²) >= 11 is 0.